The summed E-state index contributed by atoms with van der Waals surface area (Å²) in [6.45, 7) is 1.32. The third kappa shape index (κ3) is 3.25. The van der Waals surface area contributed by atoms with E-state index >= 15 is 0 Å². The molecule has 1 saturated heterocycles. The van der Waals surface area contributed by atoms with Gasteiger partial charge in [-0.25, -0.2) is 4.39 Å². The van der Waals surface area contributed by atoms with Gasteiger partial charge < -0.3 is 14.9 Å². The van der Waals surface area contributed by atoms with Gasteiger partial charge in [0, 0.05) is 43.1 Å². The maximum atomic E-state index is 13.6. The van der Waals surface area contributed by atoms with Crippen LogP contribution in [0.2, 0.25) is 0 Å². The normalized spacial score (nSPS) is 27.2. The first-order chi connectivity index (χ1) is 15.6. The van der Waals surface area contributed by atoms with Crippen molar-refractivity contribution in [3.63, 3.8) is 0 Å². The lowest BCUT2D eigenvalue weighted by Crippen LogP contribution is -2.36. The number of anilines is 1. The molecule has 164 valence electrons. The van der Waals surface area contributed by atoms with Gasteiger partial charge >= 0.3 is 0 Å². The van der Waals surface area contributed by atoms with Gasteiger partial charge in [0.1, 0.15) is 12.0 Å². The molecule has 6 heteroatoms. The lowest BCUT2D eigenvalue weighted by atomic mass is 9.70. The summed E-state index contributed by atoms with van der Waals surface area (Å²) in [5, 5.41) is 9.57. The number of hydrogen-bond acceptors (Lipinski definition) is 5. The summed E-state index contributed by atoms with van der Waals surface area (Å²) in [6.07, 6.45) is 11.3. The standard InChI is InChI=1S/C26H27FN4O/c27-20-2-4-21(5-3-20)30-15-22-14-26(9-7-18(16-32)8-10-26)17-31(22)25(30)19-1-6-23-24(13-19)29-12-11-28-23/h1-6,11-13,15,18,25,32H,7-10,14,16-17H2. The fourth-order valence-corrected chi connectivity index (χ4v) is 5.87. The molecule has 1 saturated carbocycles. The SMILES string of the molecule is OCC1CCC2(CC1)CC1=CN(c3ccc(F)cc3)C(c3ccc4nccnc4c3)N1C2. The maximum absolute atomic E-state index is 13.6. The minimum atomic E-state index is -0.224. The van der Waals surface area contributed by atoms with Gasteiger partial charge in [-0.2, -0.15) is 0 Å². The van der Waals surface area contributed by atoms with Crippen LogP contribution in [0.3, 0.4) is 0 Å². The van der Waals surface area contributed by atoms with E-state index in [1.165, 1.54) is 30.7 Å². The number of aromatic nitrogens is 2. The van der Waals surface area contributed by atoms with Crippen LogP contribution in [0.1, 0.15) is 43.8 Å². The molecule has 3 heterocycles. The zero-order valence-corrected chi connectivity index (χ0v) is 18.0. The lowest BCUT2D eigenvalue weighted by molar-refractivity contribution is 0.105. The van der Waals surface area contributed by atoms with E-state index in [2.05, 4.69) is 38.1 Å². The van der Waals surface area contributed by atoms with Gasteiger partial charge in [-0.05, 0) is 85.4 Å². The van der Waals surface area contributed by atoms with Crippen molar-refractivity contribution < 1.29 is 9.50 Å². The van der Waals surface area contributed by atoms with Crippen molar-refractivity contribution in [1.29, 1.82) is 0 Å². The number of aliphatic hydroxyl groups excluding tert-OH is 1. The first kappa shape index (κ1) is 19.7. The van der Waals surface area contributed by atoms with E-state index in [0.717, 1.165) is 48.1 Å². The van der Waals surface area contributed by atoms with Crippen LogP contribution in [0.4, 0.5) is 10.1 Å². The Bertz CT molecular complexity index is 1170. The highest BCUT2D eigenvalue weighted by atomic mass is 19.1. The zero-order chi connectivity index (χ0) is 21.7. The molecule has 3 aliphatic rings. The molecule has 0 radical (unpaired) electrons. The molecule has 1 aliphatic carbocycles. The number of benzene rings is 2. The highest BCUT2D eigenvalue weighted by molar-refractivity contribution is 5.75. The quantitative estimate of drug-likeness (QED) is 0.634. The number of nitrogens with zero attached hydrogens (tertiary/aromatic N) is 4. The van der Waals surface area contributed by atoms with Crippen LogP contribution in [0.15, 0.2) is 66.8 Å². The Hall–Kier alpha value is -2.99. The Labute approximate surface area is 187 Å². The molecule has 1 spiro atoms. The molecule has 2 fully saturated rings. The largest absolute Gasteiger partial charge is 0.396 e. The average molecular weight is 431 g/mol. The molecular weight excluding hydrogens is 403 g/mol. The minimum Gasteiger partial charge on any atom is -0.396 e. The Morgan fingerprint density at radius 1 is 1.00 bits per heavy atom. The minimum absolute atomic E-state index is 0.0109. The number of aliphatic hydroxyl groups is 1. The van der Waals surface area contributed by atoms with Crippen LogP contribution in [0, 0.1) is 17.2 Å². The molecule has 1 N–H and O–H groups in total. The number of fused-ring (bicyclic) bond motifs is 2. The van der Waals surface area contributed by atoms with Crippen LogP contribution in [0.25, 0.3) is 11.0 Å². The highest BCUT2D eigenvalue weighted by Crippen LogP contribution is 2.54. The molecule has 6 rings (SSSR count). The summed E-state index contributed by atoms with van der Waals surface area (Å²) in [7, 11) is 0. The molecule has 1 unspecified atom stereocenters. The van der Waals surface area contributed by atoms with Crippen molar-refractivity contribution >= 4 is 16.7 Å². The van der Waals surface area contributed by atoms with Crippen LogP contribution < -0.4 is 4.90 Å². The summed E-state index contributed by atoms with van der Waals surface area (Å²) >= 11 is 0. The Kier molecular flexibility index (Phi) is 4.65. The van der Waals surface area contributed by atoms with Gasteiger partial charge in [0.2, 0.25) is 0 Å². The van der Waals surface area contributed by atoms with E-state index < -0.39 is 0 Å². The second-order valence-electron chi connectivity index (χ2n) is 9.61. The molecule has 32 heavy (non-hydrogen) atoms. The molecule has 2 aliphatic heterocycles. The lowest BCUT2D eigenvalue weighted by Gasteiger charge is -2.39. The Balaban J connectivity index is 1.39. The fraction of sp³-hybridized carbons (Fsp3) is 0.385. The van der Waals surface area contributed by atoms with Crippen LogP contribution in [-0.2, 0) is 0 Å². The monoisotopic (exact) mass is 430 g/mol. The van der Waals surface area contributed by atoms with Crippen molar-refractivity contribution in [3.8, 4) is 0 Å². The molecule has 2 aromatic carbocycles. The van der Waals surface area contributed by atoms with Crippen molar-refractivity contribution in [2.45, 2.75) is 38.3 Å². The summed E-state index contributed by atoms with van der Waals surface area (Å²) in [6, 6.07) is 13.1. The van der Waals surface area contributed by atoms with Gasteiger partial charge in [-0.1, -0.05) is 6.07 Å². The molecule has 3 aromatic rings. The fourth-order valence-electron chi connectivity index (χ4n) is 5.87. The summed E-state index contributed by atoms with van der Waals surface area (Å²) < 4.78 is 13.6. The summed E-state index contributed by atoms with van der Waals surface area (Å²) in [5.41, 5.74) is 5.55. The van der Waals surface area contributed by atoms with Gasteiger partial charge in [0.25, 0.3) is 0 Å². The van der Waals surface area contributed by atoms with E-state index in [1.54, 1.807) is 12.4 Å². The third-order valence-electron chi connectivity index (χ3n) is 7.62. The first-order valence-corrected chi connectivity index (χ1v) is 11.5. The second-order valence-corrected chi connectivity index (χ2v) is 9.61. The van der Waals surface area contributed by atoms with E-state index in [9.17, 15) is 9.50 Å². The predicted molar refractivity (Wildman–Crippen MR) is 122 cm³/mol. The number of halogens is 1. The topological polar surface area (TPSA) is 52.5 Å². The predicted octanol–water partition coefficient (Wildman–Crippen LogP) is 5.00. The van der Waals surface area contributed by atoms with E-state index in [0.29, 0.717) is 17.9 Å². The van der Waals surface area contributed by atoms with Crippen molar-refractivity contribution in [3.05, 3.63) is 78.1 Å². The molecular formula is C26H27FN4O. The Morgan fingerprint density at radius 2 is 1.75 bits per heavy atom. The van der Waals surface area contributed by atoms with Gasteiger partial charge in [-0.15, -0.1) is 0 Å². The third-order valence-corrected chi connectivity index (χ3v) is 7.62. The van der Waals surface area contributed by atoms with Gasteiger partial charge in [0.05, 0.1) is 11.0 Å². The molecule has 5 nitrogen and oxygen atoms in total. The van der Waals surface area contributed by atoms with Crippen molar-refractivity contribution in [2.24, 2.45) is 11.3 Å². The average Bonchev–Trinajstić information content (AvgIpc) is 3.34. The maximum Gasteiger partial charge on any atom is 0.132 e. The number of rotatable bonds is 3. The highest BCUT2D eigenvalue weighted by Gasteiger charge is 2.49. The van der Waals surface area contributed by atoms with Crippen molar-refractivity contribution in [2.75, 3.05) is 18.1 Å². The van der Waals surface area contributed by atoms with E-state index in [1.807, 2.05) is 18.2 Å². The van der Waals surface area contributed by atoms with Gasteiger partial charge in [0.15, 0.2) is 0 Å². The number of allylic oxidation sites excluding steroid dienone is 1. The molecule has 0 amide bonds. The van der Waals surface area contributed by atoms with Crippen LogP contribution >= 0.6 is 0 Å². The van der Waals surface area contributed by atoms with Gasteiger partial charge in [-0.3, -0.25) is 9.97 Å². The van der Waals surface area contributed by atoms with Crippen LogP contribution in [-0.4, -0.2) is 33.1 Å². The molecule has 1 aromatic heterocycles. The second kappa shape index (κ2) is 7.55. The van der Waals surface area contributed by atoms with E-state index in [-0.39, 0.29) is 12.0 Å². The number of hydrogen-bond donors (Lipinski definition) is 1. The molecule has 1 atom stereocenters. The summed E-state index contributed by atoms with van der Waals surface area (Å²) in [5.74, 6) is 0.230. The van der Waals surface area contributed by atoms with Crippen LogP contribution in [0.5, 0.6) is 0 Å². The smallest absolute Gasteiger partial charge is 0.132 e. The van der Waals surface area contributed by atoms with Crippen molar-refractivity contribution in [1.82, 2.24) is 14.9 Å². The van der Waals surface area contributed by atoms with E-state index in [4.69, 9.17) is 0 Å². The Morgan fingerprint density at radius 3 is 2.50 bits per heavy atom. The molecule has 0 bridgehead atoms. The summed E-state index contributed by atoms with van der Waals surface area (Å²) in [4.78, 5) is 13.7. The first-order valence-electron chi connectivity index (χ1n) is 11.5. The zero-order valence-electron chi connectivity index (χ0n) is 18.0.